The van der Waals surface area contributed by atoms with E-state index in [4.69, 9.17) is 9.84 Å². The molecule has 3 nitrogen and oxygen atoms in total. The molecular weight excluding hydrogens is 166 g/mol. The van der Waals surface area contributed by atoms with Crippen molar-refractivity contribution in [1.29, 1.82) is 0 Å². The zero-order chi connectivity index (χ0) is 9.52. The van der Waals surface area contributed by atoms with Crippen molar-refractivity contribution < 1.29 is 9.84 Å². The molecule has 0 unspecified atom stereocenters. The van der Waals surface area contributed by atoms with Crippen LogP contribution < -0.4 is 0 Å². The highest BCUT2D eigenvalue weighted by molar-refractivity contribution is 4.61. The largest absolute Gasteiger partial charge is 0.393 e. The van der Waals surface area contributed by atoms with Crippen LogP contribution in [0.2, 0.25) is 0 Å². The summed E-state index contributed by atoms with van der Waals surface area (Å²) in [5.41, 5.74) is 0. The van der Waals surface area contributed by atoms with Crippen molar-refractivity contribution in [2.24, 2.45) is 0 Å². The van der Waals surface area contributed by atoms with Crippen molar-refractivity contribution in [3.8, 4) is 0 Å². The summed E-state index contributed by atoms with van der Waals surface area (Å²) in [6, 6.07) is 0. The Balaban J connectivity index is 1.92. The molecular formula is C10H21NO2. The van der Waals surface area contributed by atoms with Crippen LogP contribution in [0.25, 0.3) is 0 Å². The Bertz CT molecular complexity index is 122. The second-order valence-electron chi connectivity index (χ2n) is 3.80. The van der Waals surface area contributed by atoms with Crippen molar-refractivity contribution in [3.05, 3.63) is 0 Å². The van der Waals surface area contributed by atoms with E-state index in [0.29, 0.717) is 0 Å². The highest BCUT2D eigenvalue weighted by Gasteiger charge is 2.09. The summed E-state index contributed by atoms with van der Waals surface area (Å²) in [5.74, 6) is 0. The van der Waals surface area contributed by atoms with Gasteiger partial charge in [-0.3, -0.25) is 4.90 Å². The van der Waals surface area contributed by atoms with Gasteiger partial charge in [0.05, 0.1) is 19.3 Å². The molecule has 0 bridgehead atoms. The van der Waals surface area contributed by atoms with Crippen molar-refractivity contribution in [2.75, 3.05) is 32.8 Å². The molecule has 1 saturated heterocycles. The number of ether oxygens (including phenoxy) is 1. The van der Waals surface area contributed by atoms with Crippen LogP contribution in [0.15, 0.2) is 0 Å². The van der Waals surface area contributed by atoms with E-state index in [1.54, 1.807) is 0 Å². The average Bonchev–Trinajstić information content (AvgIpc) is 2.14. The fourth-order valence-electron chi connectivity index (χ4n) is 1.60. The standard InChI is InChI=1S/C10H21NO2/c1-10(12)4-2-3-5-11-6-8-13-9-7-11/h10,12H,2-9H2,1H3/t10-/m1/s1. The molecule has 1 atom stereocenters. The third-order valence-electron chi connectivity index (χ3n) is 2.45. The average molecular weight is 187 g/mol. The number of aliphatic hydroxyl groups is 1. The molecule has 1 aliphatic rings. The van der Waals surface area contributed by atoms with Crippen molar-refractivity contribution in [1.82, 2.24) is 4.90 Å². The van der Waals surface area contributed by atoms with Crippen LogP contribution in [0.1, 0.15) is 26.2 Å². The molecule has 0 saturated carbocycles. The minimum atomic E-state index is -0.135. The summed E-state index contributed by atoms with van der Waals surface area (Å²) >= 11 is 0. The van der Waals surface area contributed by atoms with Crippen molar-refractivity contribution >= 4 is 0 Å². The number of hydrogen-bond acceptors (Lipinski definition) is 3. The third kappa shape index (κ3) is 5.24. The Hall–Kier alpha value is -0.120. The molecule has 78 valence electrons. The SMILES string of the molecule is C[C@@H](O)CCCCN1CCOCC1. The highest BCUT2D eigenvalue weighted by Crippen LogP contribution is 2.03. The molecule has 1 rings (SSSR count). The first-order valence-corrected chi connectivity index (χ1v) is 5.27. The van der Waals surface area contributed by atoms with Crippen LogP contribution >= 0.6 is 0 Å². The van der Waals surface area contributed by atoms with Gasteiger partial charge in [0.25, 0.3) is 0 Å². The number of rotatable bonds is 5. The lowest BCUT2D eigenvalue weighted by molar-refractivity contribution is 0.0367. The molecule has 1 fully saturated rings. The second kappa shape index (κ2) is 6.35. The summed E-state index contributed by atoms with van der Waals surface area (Å²) < 4.78 is 5.26. The van der Waals surface area contributed by atoms with E-state index in [2.05, 4.69) is 4.90 Å². The molecule has 0 aromatic heterocycles. The summed E-state index contributed by atoms with van der Waals surface area (Å²) in [4.78, 5) is 2.44. The molecule has 1 N–H and O–H groups in total. The molecule has 1 heterocycles. The van der Waals surface area contributed by atoms with Crippen molar-refractivity contribution in [2.45, 2.75) is 32.3 Å². The first-order valence-electron chi connectivity index (χ1n) is 5.27. The normalized spacial score (nSPS) is 21.7. The predicted molar refractivity (Wildman–Crippen MR) is 52.8 cm³/mol. The number of unbranched alkanes of at least 4 members (excludes halogenated alkanes) is 1. The quantitative estimate of drug-likeness (QED) is 0.648. The summed E-state index contributed by atoms with van der Waals surface area (Å²) in [7, 11) is 0. The lowest BCUT2D eigenvalue weighted by Crippen LogP contribution is -2.36. The van der Waals surface area contributed by atoms with Gasteiger partial charge in [-0.1, -0.05) is 0 Å². The smallest absolute Gasteiger partial charge is 0.0594 e. The molecule has 0 amide bonds. The van der Waals surface area contributed by atoms with E-state index in [9.17, 15) is 0 Å². The van der Waals surface area contributed by atoms with Crippen LogP contribution in [0.3, 0.4) is 0 Å². The van der Waals surface area contributed by atoms with Gasteiger partial charge in [-0.15, -0.1) is 0 Å². The number of morpholine rings is 1. The highest BCUT2D eigenvalue weighted by atomic mass is 16.5. The maximum Gasteiger partial charge on any atom is 0.0594 e. The van der Waals surface area contributed by atoms with Crippen molar-refractivity contribution in [3.63, 3.8) is 0 Å². The van der Waals surface area contributed by atoms with Crippen LogP contribution in [0.5, 0.6) is 0 Å². The molecule has 0 aromatic rings. The van der Waals surface area contributed by atoms with E-state index in [-0.39, 0.29) is 6.10 Å². The van der Waals surface area contributed by atoms with Gasteiger partial charge in [-0.25, -0.2) is 0 Å². The van der Waals surface area contributed by atoms with Crippen LogP contribution in [-0.4, -0.2) is 49.0 Å². The van der Waals surface area contributed by atoms with Crippen LogP contribution in [0, 0.1) is 0 Å². The van der Waals surface area contributed by atoms with Crippen LogP contribution in [0.4, 0.5) is 0 Å². The van der Waals surface area contributed by atoms with Gasteiger partial charge in [0.2, 0.25) is 0 Å². The van der Waals surface area contributed by atoms with Gasteiger partial charge < -0.3 is 9.84 Å². The molecule has 0 aromatic carbocycles. The van der Waals surface area contributed by atoms with Gasteiger partial charge in [-0.05, 0) is 32.7 Å². The third-order valence-corrected chi connectivity index (χ3v) is 2.45. The van der Waals surface area contributed by atoms with Crippen LogP contribution in [-0.2, 0) is 4.74 Å². The van der Waals surface area contributed by atoms with E-state index in [0.717, 1.165) is 45.7 Å². The molecule has 0 spiro atoms. The van der Waals surface area contributed by atoms with Gasteiger partial charge >= 0.3 is 0 Å². The maximum absolute atomic E-state index is 9.06. The lowest BCUT2D eigenvalue weighted by atomic mass is 10.1. The second-order valence-corrected chi connectivity index (χ2v) is 3.80. The predicted octanol–water partition coefficient (Wildman–Crippen LogP) is 0.870. The zero-order valence-corrected chi connectivity index (χ0v) is 8.54. The fraction of sp³-hybridized carbons (Fsp3) is 1.00. The molecule has 0 radical (unpaired) electrons. The van der Waals surface area contributed by atoms with Gasteiger partial charge in [0, 0.05) is 13.1 Å². The van der Waals surface area contributed by atoms with E-state index < -0.39 is 0 Å². The maximum atomic E-state index is 9.06. The molecule has 3 heteroatoms. The molecule has 0 aliphatic carbocycles. The Morgan fingerprint density at radius 1 is 1.31 bits per heavy atom. The minimum Gasteiger partial charge on any atom is -0.393 e. The minimum absolute atomic E-state index is 0.135. The van der Waals surface area contributed by atoms with Gasteiger partial charge in [-0.2, -0.15) is 0 Å². The van der Waals surface area contributed by atoms with Gasteiger partial charge in [0.1, 0.15) is 0 Å². The summed E-state index contributed by atoms with van der Waals surface area (Å²) in [6.07, 6.45) is 3.13. The zero-order valence-electron chi connectivity index (χ0n) is 8.54. The van der Waals surface area contributed by atoms with E-state index >= 15 is 0 Å². The lowest BCUT2D eigenvalue weighted by Gasteiger charge is -2.26. The number of nitrogens with zero attached hydrogens (tertiary/aromatic N) is 1. The monoisotopic (exact) mass is 187 g/mol. The summed E-state index contributed by atoms with van der Waals surface area (Å²) in [6.45, 7) is 6.95. The Morgan fingerprint density at radius 2 is 2.00 bits per heavy atom. The Kier molecular flexibility index (Phi) is 5.35. The fourth-order valence-corrected chi connectivity index (χ4v) is 1.60. The first-order chi connectivity index (χ1) is 6.29. The topological polar surface area (TPSA) is 32.7 Å². The van der Waals surface area contributed by atoms with E-state index in [1.165, 1.54) is 6.42 Å². The Morgan fingerprint density at radius 3 is 2.62 bits per heavy atom. The number of hydrogen-bond donors (Lipinski definition) is 1. The Labute approximate surface area is 80.7 Å². The van der Waals surface area contributed by atoms with E-state index in [1.807, 2.05) is 6.92 Å². The first kappa shape index (κ1) is 11.0. The number of aliphatic hydroxyl groups excluding tert-OH is 1. The van der Waals surface area contributed by atoms with Gasteiger partial charge in [0.15, 0.2) is 0 Å². The molecule has 1 aliphatic heterocycles. The molecule has 13 heavy (non-hydrogen) atoms. The summed E-state index contributed by atoms with van der Waals surface area (Å²) in [5, 5.41) is 9.06.